The molecule has 0 saturated carbocycles. The van der Waals surface area contributed by atoms with E-state index >= 15 is 0 Å². The number of aryl methyl sites for hydroxylation is 2. The molecule has 3 rings (SSSR count). The van der Waals surface area contributed by atoms with Crippen molar-refractivity contribution in [3.05, 3.63) is 41.1 Å². The number of ether oxygens (including phenoxy) is 1. The summed E-state index contributed by atoms with van der Waals surface area (Å²) in [5.74, 6) is -1.17. The molecular formula is C18H19N3O4. The van der Waals surface area contributed by atoms with E-state index in [9.17, 15) is 14.4 Å². The van der Waals surface area contributed by atoms with Gasteiger partial charge in [-0.1, -0.05) is 18.2 Å². The van der Waals surface area contributed by atoms with Crippen molar-refractivity contribution < 1.29 is 19.1 Å². The number of carbonyl (C=O) groups excluding carboxylic acids is 3. The predicted octanol–water partition coefficient (Wildman–Crippen LogP) is 0.967. The molecule has 1 aliphatic rings. The van der Waals surface area contributed by atoms with Crippen LogP contribution in [-0.2, 0) is 14.3 Å². The molecule has 1 aliphatic heterocycles. The summed E-state index contributed by atoms with van der Waals surface area (Å²) in [6, 6.07) is 7.55. The predicted molar refractivity (Wildman–Crippen MR) is 91.1 cm³/mol. The van der Waals surface area contributed by atoms with Gasteiger partial charge in [0.25, 0.3) is 5.91 Å². The van der Waals surface area contributed by atoms with Crippen LogP contribution in [0, 0.1) is 13.8 Å². The highest BCUT2D eigenvalue weighted by Gasteiger charge is 2.23. The lowest BCUT2D eigenvalue weighted by atomic mass is 10.0. The number of fused-ring (bicyclic) bond motifs is 1. The summed E-state index contributed by atoms with van der Waals surface area (Å²) in [4.78, 5) is 41.7. The fraction of sp³-hybridized carbons (Fsp3) is 0.333. The van der Waals surface area contributed by atoms with Crippen LogP contribution in [0.5, 0.6) is 0 Å². The number of nitrogens with one attached hydrogen (secondary N) is 1. The number of carbonyl (C=O) groups is 3. The van der Waals surface area contributed by atoms with E-state index in [1.54, 1.807) is 6.92 Å². The van der Waals surface area contributed by atoms with Gasteiger partial charge < -0.3 is 15.0 Å². The molecule has 2 aromatic rings. The first-order chi connectivity index (χ1) is 12.0. The van der Waals surface area contributed by atoms with Crippen molar-refractivity contribution in [1.82, 2.24) is 15.2 Å². The summed E-state index contributed by atoms with van der Waals surface area (Å²) in [5.41, 5.74) is 2.52. The Balaban J connectivity index is 1.74. The highest BCUT2D eigenvalue weighted by Crippen LogP contribution is 2.23. The Morgan fingerprint density at radius 3 is 2.80 bits per heavy atom. The zero-order valence-electron chi connectivity index (χ0n) is 14.2. The second-order valence-electron chi connectivity index (χ2n) is 5.96. The molecular weight excluding hydrogens is 322 g/mol. The van der Waals surface area contributed by atoms with E-state index in [2.05, 4.69) is 10.3 Å². The maximum Gasteiger partial charge on any atom is 0.340 e. The lowest BCUT2D eigenvalue weighted by Gasteiger charge is -2.26. The van der Waals surface area contributed by atoms with Crippen LogP contribution in [0.15, 0.2) is 24.3 Å². The molecule has 25 heavy (non-hydrogen) atoms. The number of rotatable bonds is 3. The van der Waals surface area contributed by atoms with Crippen LogP contribution in [0.1, 0.15) is 21.6 Å². The molecule has 0 radical (unpaired) electrons. The number of esters is 1. The van der Waals surface area contributed by atoms with Gasteiger partial charge in [-0.2, -0.15) is 0 Å². The Kier molecular flexibility index (Phi) is 4.65. The van der Waals surface area contributed by atoms with Crippen LogP contribution in [0.3, 0.4) is 0 Å². The topological polar surface area (TPSA) is 88.6 Å². The first-order valence-electron chi connectivity index (χ1n) is 8.05. The van der Waals surface area contributed by atoms with Crippen LogP contribution < -0.4 is 5.32 Å². The third kappa shape index (κ3) is 3.45. The summed E-state index contributed by atoms with van der Waals surface area (Å²) in [5, 5.41) is 3.51. The molecule has 0 atom stereocenters. The Morgan fingerprint density at radius 2 is 2.04 bits per heavy atom. The lowest BCUT2D eigenvalue weighted by molar-refractivity contribution is -0.140. The summed E-state index contributed by atoms with van der Waals surface area (Å²) in [6.07, 6.45) is 0. The van der Waals surface area contributed by atoms with Gasteiger partial charge in [0, 0.05) is 18.5 Å². The summed E-state index contributed by atoms with van der Waals surface area (Å²) in [7, 11) is 0. The Hall–Kier alpha value is -2.96. The zero-order valence-corrected chi connectivity index (χ0v) is 14.2. The summed E-state index contributed by atoms with van der Waals surface area (Å²) >= 11 is 0. The molecule has 1 fully saturated rings. The second-order valence-corrected chi connectivity index (χ2v) is 5.96. The standard InChI is InChI=1S/C18H19N3O4/c1-11-13-5-3-4-6-14(13)20-12(2)17(11)18(24)25-10-16(23)21-8-7-19-15(22)9-21/h3-6H,7-10H2,1-2H3,(H,19,22). The molecule has 1 aromatic heterocycles. The first-order valence-corrected chi connectivity index (χ1v) is 8.05. The molecule has 7 heteroatoms. The van der Waals surface area contributed by atoms with Gasteiger partial charge in [-0.3, -0.25) is 14.6 Å². The molecule has 1 N–H and O–H groups in total. The molecule has 1 aromatic carbocycles. The number of para-hydroxylation sites is 1. The Morgan fingerprint density at radius 1 is 1.28 bits per heavy atom. The van der Waals surface area contributed by atoms with Gasteiger partial charge >= 0.3 is 5.97 Å². The van der Waals surface area contributed by atoms with Crippen LogP contribution in [0.25, 0.3) is 10.9 Å². The van der Waals surface area contributed by atoms with E-state index in [4.69, 9.17) is 4.74 Å². The minimum Gasteiger partial charge on any atom is -0.452 e. The van der Waals surface area contributed by atoms with E-state index < -0.39 is 12.6 Å². The number of nitrogens with zero attached hydrogens (tertiary/aromatic N) is 2. The van der Waals surface area contributed by atoms with E-state index in [-0.39, 0.29) is 18.4 Å². The summed E-state index contributed by atoms with van der Waals surface area (Å²) < 4.78 is 5.19. The maximum absolute atomic E-state index is 12.5. The molecule has 7 nitrogen and oxygen atoms in total. The van der Waals surface area contributed by atoms with Crippen molar-refractivity contribution in [2.24, 2.45) is 0 Å². The molecule has 0 spiro atoms. The number of aromatic nitrogens is 1. The van der Waals surface area contributed by atoms with Crippen molar-refractivity contribution >= 4 is 28.7 Å². The normalized spacial score (nSPS) is 14.3. The fourth-order valence-corrected chi connectivity index (χ4v) is 2.97. The van der Waals surface area contributed by atoms with Gasteiger partial charge in [-0.25, -0.2) is 4.79 Å². The van der Waals surface area contributed by atoms with Crippen LogP contribution in [0.4, 0.5) is 0 Å². The third-order valence-electron chi connectivity index (χ3n) is 4.25. The SMILES string of the molecule is Cc1nc2ccccc2c(C)c1C(=O)OCC(=O)N1CCNC(=O)C1. The average Bonchev–Trinajstić information content (AvgIpc) is 2.59. The molecule has 2 amide bonds. The molecule has 0 bridgehead atoms. The van der Waals surface area contributed by atoms with Crippen molar-refractivity contribution in [3.63, 3.8) is 0 Å². The smallest absolute Gasteiger partial charge is 0.340 e. The van der Waals surface area contributed by atoms with E-state index in [0.29, 0.717) is 24.3 Å². The number of piperazine rings is 1. The number of pyridine rings is 1. The molecule has 0 aliphatic carbocycles. The number of hydrogen-bond acceptors (Lipinski definition) is 5. The number of amides is 2. The maximum atomic E-state index is 12.5. The quantitative estimate of drug-likeness (QED) is 0.840. The monoisotopic (exact) mass is 341 g/mol. The Bertz CT molecular complexity index is 863. The third-order valence-corrected chi connectivity index (χ3v) is 4.25. The van der Waals surface area contributed by atoms with Crippen molar-refractivity contribution in [3.8, 4) is 0 Å². The first kappa shape index (κ1) is 16.9. The van der Waals surface area contributed by atoms with Gasteiger partial charge in [-0.15, -0.1) is 0 Å². The summed E-state index contributed by atoms with van der Waals surface area (Å²) in [6.45, 7) is 4.00. The van der Waals surface area contributed by atoms with E-state index in [1.807, 2.05) is 31.2 Å². The van der Waals surface area contributed by atoms with Gasteiger partial charge in [0.1, 0.15) is 0 Å². The highest BCUT2D eigenvalue weighted by atomic mass is 16.5. The molecule has 0 unspecified atom stereocenters. The van der Waals surface area contributed by atoms with Crippen molar-refractivity contribution in [2.75, 3.05) is 26.2 Å². The zero-order chi connectivity index (χ0) is 18.0. The molecule has 2 heterocycles. The molecule has 1 saturated heterocycles. The van der Waals surface area contributed by atoms with Gasteiger partial charge in [0.2, 0.25) is 5.91 Å². The minimum atomic E-state index is -0.580. The van der Waals surface area contributed by atoms with Crippen molar-refractivity contribution in [2.45, 2.75) is 13.8 Å². The van der Waals surface area contributed by atoms with E-state index in [0.717, 1.165) is 16.5 Å². The second kappa shape index (κ2) is 6.88. The van der Waals surface area contributed by atoms with Crippen molar-refractivity contribution in [1.29, 1.82) is 0 Å². The minimum absolute atomic E-state index is 0.00797. The average molecular weight is 341 g/mol. The van der Waals surface area contributed by atoms with Crippen LogP contribution in [-0.4, -0.2) is 53.9 Å². The van der Waals surface area contributed by atoms with Gasteiger partial charge in [0.15, 0.2) is 6.61 Å². The highest BCUT2D eigenvalue weighted by molar-refractivity contribution is 5.99. The molecule has 130 valence electrons. The van der Waals surface area contributed by atoms with E-state index in [1.165, 1.54) is 4.90 Å². The number of hydrogen-bond donors (Lipinski definition) is 1. The van der Waals surface area contributed by atoms with Crippen LogP contribution >= 0.6 is 0 Å². The van der Waals surface area contributed by atoms with Gasteiger partial charge in [-0.05, 0) is 25.5 Å². The fourth-order valence-electron chi connectivity index (χ4n) is 2.97. The Labute approximate surface area is 145 Å². The largest absolute Gasteiger partial charge is 0.452 e. The number of benzene rings is 1. The van der Waals surface area contributed by atoms with Crippen LogP contribution in [0.2, 0.25) is 0 Å². The lowest BCUT2D eigenvalue weighted by Crippen LogP contribution is -2.51. The van der Waals surface area contributed by atoms with Gasteiger partial charge in [0.05, 0.1) is 23.3 Å².